The van der Waals surface area contributed by atoms with Crippen molar-refractivity contribution in [3.63, 3.8) is 0 Å². The van der Waals surface area contributed by atoms with E-state index in [4.69, 9.17) is 9.47 Å². The minimum atomic E-state index is -0.522. The molecule has 170 valence electrons. The van der Waals surface area contributed by atoms with Gasteiger partial charge in [0.05, 0.1) is 25.1 Å². The smallest absolute Gasteiger partial charge is 0.328 e. The molecule has 0 saturated carbocycles. The molecule has 3 aromatic rings. The number of amides is 1. The highest BCUT2D eigenvalue weighted by molar-refractivity contribution is 5.81. The van der Waals surface area contributed by atoms with E-state index < -0.39 is 11.2 Å². The van der Waals surface area contributed by atoms with E-state index in [2.05, 4.69) is 22.4 Å². The van der Waals surface area contributed by atoms with E-state index in [-0.39, 0.29) is 24.9 Å². The van der Waals surface area contributed by atoms with Gasteiger partial charge in [0.15, 0.2) is 11.5 Å². The Hall–Kier alpha value is -3.55. The second-order valence-electron chi connectivity index (χ2n) is 7.74. The highest BCUT2D eigenvalue weighted by Crippen LogP contribution is 2.29. The molecule has 0 radical (unpaired) electrons. The van der Waals surface area contributed by atoms with E-state index in [0.29, 0.717) is 28.8 Å². The van der Waals surface area contributed by atoms with Crippen LogP contribution in [-0.2, 0) is 17.8 Å². The number of aryl methyl sites for hydroxylation is 1. The third-order valence-corrected chi connectivity index (χ3v) is 5.39. The first kappa shape index (κ1) is 23.1. The van der Waals surface area contributed by atoms with Gasteiger partial charge in [-0.05, 0) is 37.8 Å². The Morgan fingerprint density at radius 2 is 1.78 bits per heavy atom. The summed E-state index contributed by atoms with van der Waals surface area (Å²) in [7, 11) is 2.96. The predicted octanol–water partition coefficient (Wildman–Crippen LogP) is 2.62. The average Bonchev–Trinajstić information content (AvgIpc) is 2.79. The number of benzene rings is 2. The first-order chi connectivity index (χ1) is 15.4. The van der Waals surface area contributed by atoms with Crippen LogP contribution >= 0.6 is 0 Å². The van der Waals surface area contributed by atoms with Crippen molar-refractivity contribution in [3.8, 4) is 11.5 Å². The maximum Gasteiger partial charge on any atom is 0.328 e. The zero-order valence-electron chi connectivity index (χ0n) is 18.6. The van der Waals surface area contributed by atoms with E-state index in [1.54, 1.807) is 12.1 Å². The fraction of sp³-hybridized carbons (Fsp3) is 0.375. The monoisotopic (exact) mass is 439 g/mol. The zero-order chi connectivity index (χ0) is 23.1. The summed E-state index contributed by atoms with van der Waals surface area (Å²) in [6, 6.07) is 13.3. The van der Waals surface area contributed by atoms with E-state index in [9.17, 15) is 14.4 Å². The molecule has 1 atom stereocenters. The van der Waals surface area contributed by atoms with Crippen LogP contribution in [0.2, 0.25) is 0 Å². The Labute approximate surface area is 186 Å². The van der Waals surface area contributed by atoms with Crippen LogP contribution in [0.15, 0.2) is 52.1 Å². The molecule has 1 heterocycles. The van der Waals surface area contributed by atoms with Gasteiger partial charge in [0.2, 0.25) is 5.91 Å². The lowest BCUT2D eigenvalue weighted by Crippen LogP contribution is -2.36. The molecule has 8 heteroatoms. The first-order valence-electron chi connectivity index (χ1n) is 10.6. The number of H-pyrrole nitrogens is 1. The Bertz CT molecular complexity index is 1180. The van der Waals surface area contributed by atoms with Crippen LogP contribution in [0.25, 0.3) is 10.9 Å². The Kier molecular flexibility index (Phi) is 7.70. The topological polar surface area (TPSA) is 102 Å². The fourth-order valence-corrected chi connectivity index (χ4v) is 3.63. The number of ether oxygens (including phenoxy) is 2. The van der Waals surface area contributed by atoms with Crippen molar-refractivity contribution in [3.05, 3.63) is 68.9 Å². The second-order valence-corrected chi connectivity index (χ2v) is 7.74. The van der Waals surface area contributed by atoms with Crippen LogP contribution in [0.3, 0.4) is 0 Å². The van der Waals surface area contributed by atoms with Gasteiger partial charge in [-0.1, -0.05) is 30.3 Å². The van der Waals surface area contributed by atoms with Gasteiger partial charge >= 0.3 is 5.69 Å². The number of methoxy groups -OCH3 is 2. The van der Waals surface area contributed by atoms with Crippen molar-refractivity contribution >= 4 is 16.8 Å². The number of aromatic amines is 1. The maximum absolute atomic E-state index is 12.8. The molecule has 0 bridgehead atoms. The highest BCUT2D eigenvalue weighted by atomic mass is 16.5. The minimum absolute atomic E-state index is 0.0388. The van der Waals surface area contributed by atoms with Crippen LogP contribution in [0.5, 0.6) is 11.5 Å². The largest absolute Gasteiger partial charge is 0.493 e. The molecule has 1 aromatic heterocycles. The molecule has 32 heavy (non-hydrogen) atoms. The molecule has 0 spiro atoms. The van der Waals surface area contributed by atoms with Gasteiger partial charge in [0.25, 0.3) is 5.56 Å². The van der Waals surface area contributed by atoms with E-state index in [1.807, 2.05) is 25.1 Å². The first-order valence-corrected chi connectivity index (χ1v) is 10.6. The third-order valence-electron chi connectivity index (χ3n) is 5.39. The van der Waals surface area contributed by atoms with Gasteiger partial charge in [0, 0.05) is 25.1 Å². The van der Waals surface area contributed by atoms with E-state index in [0.717, 1.165) is 17.4 Å². The Balaban J connectivity index is 1.59. The van der Waals surface area contributed by atoms with Crippen LogP contribution in [0, 0.1) is 0 Å². The van der Waals surface area contributed by atoms with E-state index in [1.165, 1.54) is 19.8 Å². The summed E-state index contributed by atoms with van der Waals surface area (Å²) in [5.41, 5.74) is 0.657. The summed E-state index contributed by atoms with van der Waals surface area (Å²) in [6.45, 7) is 2.12. The van der Waals surface area contributed by atoms with Gasteiger partial charge in [-0.2, -0.15) is 0 Å². The number of nitrogens with one attached hydrogen (secondary N) is 2. The summed E-state index contributed by atoms with van der Waals surface area (Å²) in [6.07, 6.45) is 2.33. The molecule has 1 amide bonds. The van der Waals surface area contributed by atoms with Crippen molar-refractivity contribution < 1.29 is 14.3 Å². The van der Waals surface area contributed by atoms with Crippen molar-refractivity contribution in [2.75, 3.05) is 14.2 Å². The molecule has 0 saturated heterocycles. The lowest BCUT2D eigenvalue weighted by molar-refractivity contribution is -0.121. The minimum Gasteiger partial charge on any atom is -0.493 e. The second kappa shape index (κ2) is 10.7. The van der Waals surface area contributed by atoms with Crippen LogP contribution in [-0.4, -0.2) is 35.7 Å². The molecule has 3 rings (SSSR count). The standard InChI is InChI=1S/C24H29N3O5/c1-16(11-12-17-8-5-4-6-9-17)25-22(28)10-7-13-27-23(29)18-14-20(31-2)21(32-3)15-19(18)26-24(27)30/h4-6,8-9,14-16H,7,10-13H2,1-3H3,(H,25,28)(H,26,30). The Morgan fingerprint density at radius 3 is 2.47 bits per heavy atom. The van der Waals surface area contributed by atoms with Gasteiger partial charge in [-0.15, -0.1) is 0 Å². The zero-order valence-corrected chi connectivity index (χ0v) is 18.6. The number of rotatable bonds is 10. The summed E-state index contributed by atoms with van der Waals surface area (Å²) < 4.78 is 11.6. The molecule has 0 aliphatic heterocycles. The predicted molar refractivity (Wildman–Crippen MR) is 124 cm³/mol. The molecule has 2 aromatic carbocycles. The normalized spacial score (nSPS) is 11.8. The fourth-order valence-electron chi connectivity index (χ4n) is 3.63. The lowest BCUT2D eigenvalue weighted by atomic mass is 10.1. The number of nitrogens with zero attached hydrogens (tertiary/aromatic N) is 1. The molecule has 0 aliphatic carbocycles. The molecule has 1 unspecified atom stereocenters. The van der Waals surface area contributed by atoms with Crippen LogP contribution < -0.4 is 26.0 Å². The van der Waals surface area contributed by atoms with Crippen molar-refractivity contribution in [2.45, 2.75) is 45.2 Å². The summed E-state index contributed by atoms with van der Waals surface area (Å²) in [5, 5.41) is 3.30. The summed E-state index contributed by atoms with van der Waals surface area (Å²) in [5.74, 6) is 0.729. The molecular formula is C24H29N3O5. The molecule has 8 nitrogen and oxygen atoms in total. The van der Waals surface area contributed by atoms with Crippen molar-refractivity contribution in [2.24, 2.45) is 0 Å². The molecular weight excluding hydrogens is 410 g/mol. The summed E-state index contributed by atoms with van der Waals surface area (Å²) in [4.78, 5) is 40.2. The van der Waals surface area contributed by atoms with Gasteiger partial charge in [-0.3, -0.25) is 14.2 Å². The van der Waals surface area contributed by atoms with Crippen LogP contribution in [0.1, 0.15) is 31.7 Å². The highest BCUT2D eigenvalue weighted by Gasteiger charge is 2.14. The number of fused-ring (bicyclic) bond motifs is 1. The molecule has 2 N–H and O–H groups in total. The lowest BCUT2D eigenvalue weighted by Gasteiger charge is -2.14. The van der Waals surface area contributed by atoms with Gasteiger partial charge in [-0.25, -0.2) is 4.79 Å². The number of aromatic nitrogens is 2. The number of hydrogen-bond acceptors (Lipinski definition) is 5. The average molecular weight is 440 g/mol. The third kappa shape index (κ3) is 5.57. The summed E-state index contributed by atoms with van der Waals surface area (Å²) >= 11 is 0. The van der Waals surface area contributed by atoms with Gasteiger partial charge in [0.1, 0.15) is 0 Å². The quantitative estimate of drug-likeness (QED) is 0.506. The van der Waals surface area contributed by atoms with Crippen molar-refractivity contribution in [1.82, 2.24) is 14.9 Å². The molecule has 0 fully saturated rings. The number of carbonyl (C=O) groups excluding carboxylic acids is 1. The molecule has 0 aliphatic rings. The van der Waals surface area contributed by atoms with Crippen molar-refractivity contribution in [1.29, 1.82) is 0 Å². The SMILES string of the molecule is COc1cc2[nH]c(=O)n(CCCC(=O)NC(C)CCc3ccccc3)c(=O)c2cc1OC. The van der Waals surface area contributed by atoms with E-state index >= 15 is 0 Å². The number of carbonyl (C=O) groups is 1. The maximum atomic E-state index is 12.8. The Morgan fingerprint density at radius 1 is 1.09 bits per heavy atom. The number of hydrogen-bond donors (Lipinski definition) is 2. The van der Waals surface area contributed by atoms with Crippen LogP contribution in [0.4, 0.5) is 0 Å². The van der Waals surface area contributed by atoms with Gasteiger partial charge < -0.3 is 19.8 Å².